The first-order chi connectivity index (χ1) is 9.32. The van der Waals surface area contributed by atoms with Gasteiger partial charge in [0, 0.05) is 13.1 Å². The highest BCUT2D eigenvalue weighted by Gasteiger charge is 2.25. The van der Waals surface area contributed by atoms with E-state index in [2.05, 4.69) is 4.84 Å². The molecule has 0 saturated carbocycles. The number of nitrogens with zero attached hydrogens (tertiary/aromatic N) is 1. The molecule has 1 N–H and O–H groups in total. The summed E-state index contributed by atoms with van der Waals surface area (Å²) in [5.41, 5.74) is 0.413. The van der Waals surface area contributed by atoms with E-state index in [-0.39, 0.29) is 10.6 Å². The minimum atomic E-state index is -3.89. The molecule has 0 aliphatic heterocycles. The number of benzene rings is 1. The van der Waals surface area contributed by atoms with E-state index in [0.717, 1.165) is 6.08 Å². The van der Waals surface area contributed by atoms with Crippen LogP contribution in [0.4, 0.5) is 0 Å². The number of rotatable bonds is 6. The molecule has 0 saturated heterocycles. The van der Waals surface area contributed by atoms with Crippen molar-refractivity contribution in [3.05, 3.63) is 29.8 Å². The third-order valence-electron chi connectivity index (χ3n) is 2.48. The fourth-order valence-corrected chi connectivity index (χ4v) is 2.57. The minimum Gasteiger partial charge on any atom is -0.495 e. The van der Waals surface area contributed by atoms with E-state index in [1.165, 1.54) is 39.5 Å². The van der Waals surface area contributed by atoms with Gasteiger partial charge in [-0.1, -0.05) is 10.5 Å². The normalized spacial score (nSPS) is 12.0. The van der Waals surface area contributed by atoms with Crippen molar-refractivity contribution in [1.29, 1.82) is 0 Å². The Balaban J connectivity index is 3.36. The lowest BCUT2D eigenvalue weighted by Gasteiger charge is -2.16. The first-order valence-electron chi connectivity index (χ1n) is 5.45. The van der Waals surface area contributed by atoms with E-state index in [9.17, 15) is 13.2 Å². The predicted molar refractivity (Wildman–Crippen MR) is 71.6 cm³/mol. The predicted octanol–water partition coefficient (Wildman–Crippen LogP) is 0.975. The Bertz CT molecular complexity index is 623. The van der Waals surface area contributed by atoms with Crippen LogP contribution in [0, 0.1) is 0 Å². The number of hydrogen-bond acceptors (Lipinski definition) is 5. The molecule has 0 atom stereocenters. The Morgan fingerprint density at radius 1 is 1.35 bits per heavy atom. The summed E-state index contributed by atoms with van der Waals surface area (Å²) in [4.78, 5) is 15.0. The zero-order valence-electron chi connectivity index (χ0n) is 11.2. The molecule has 1 aromatic rings. The smallest absolute Gasteiger partial charge is 0.328 e. The summed E-state index contributed by atoms with van der Waals surface area (Å²) in [5, 5.41) is 8.57. The second kappa shape index (κ2) is 6.51. The van der Waals surface area contributed by atoms with Crippen LogP contribution in [0.3, 0.4) is 0 Å². The van der Waals surface area contributed by atoms with Crippen LogP contribution in [0.2, 0.25) is 0 Å². The number of methoxy groups -OCH3 is 1. The molecule has 0 amide bonds. The zero-order chi connectivity index (χ0) is 15.3. The molecule has 0 aliphatic rings. The van der Waals surface area contributed by atoms with Crippen LogP contribution in [0.15, 0.2) is 29.2 Å². The maximum atomic E-state index is 12.2. The third kappa shape index (κ3) is 3.56. The SMILES string of the molecule is COc1ccc(/C=C/C(=O)O)cc1S(=O)(=O)N(C)OC. The average molecular weight is 301 g/mol. The van der Waals surface area contributed by atoms with Crippen molar-refractivity contribution in [2.75, 3.05) is 21.3 Å². The second-order valence-corrected chi connectivity index (χ2v) is 5.58. The molecule has 0 fully saturated rings. The summed E-state index contributed by atoms with van der Waals surface area (Å²) in [6, 6.07) is 4.30. The van der Waals surface area contributed by atoms with E-state index in [0.29, 0.717) is 10.0 Å². The van der Waals surface area contributed by atoms with Gasteiger partial charge in [0.25, 0.3) is 10.0 Å². The first-order valence-corrected chi connectivity index (χ1v) is 6.89. The minimum absolute atomic E-state index is 0.114. The number of hydroxylamine groups is 1. The number of carboxylic acids is 1. The topological polar surface area (TPSA) is 93.1 Å². The van der Waals surface area contributed by atoms with E-state index < -0.39 is 16.0 Å². The van der Waals surface area contributed by atoms with Crippen LogP contribution in [0.5, 0.6) is 5.75 Å². The van der Waals surface area contributed by atoms with E-state index in [1.807, 2.05) is 0 Å². The Kier molecular flexibility index (Phi) is 5.26. The lowest BCUT2D eigenvalue weighted by Crippen LogP contribution is -2.26. The van der Waals surface area contributed by atoms with E-state index in [1.54, 1.807) is 6.07 Å². The maximum Gasteiger partial charge on any atom is 0.328 e. The molecule has 110 valence electrons. The standard InChI is InChI=1S/C12H15NO6S/c1-13(19-3)20(16,17)11-8-9(5-7-12(14)15)4-6-10(11)18-2/h4-8H,1-3H3,(H,14,15)/b7-5+. The Labute approximate surface area is 117 Å². The van der Waals surface area contributed by atoms with Crippen LogP contribution >= 0.6 is 0 Å². The summed E-state index contributed by atoms with van der Waals surface area (Å²) in [6.45, 7) is 0. The molecule has 1 aromatic carbocycles. The quantitative estimate of drug-likeness (QED) is 0.622. The molecule has 7 nitrogen and oxygen atoms in total. The highest BCUT2D eigenvalue weighted by atomic mass is 32.2. The van der Waals surface area contributed by atoms with Crippen molar-refractivity contribution < 1.29 is 27.9 Å². The number of carbonyl (C=O) groups is 1. The van der Waals surface area contributed by atoms with Crippen molar-refractivity contribution in [2.24, 2.45) is 0 Å². The van der Waals surface area contributed by atoms with Crippen molar-refractivity contribution in [1.82, 2.24) is 4.47 Å². The van der Waals surface area contributed by atoms with Crippen molar-refractivity contribution >= 4 is 22.1 Å². The number of sulfonamides is 1. The van der Waals surface area contributed by atoms with Crippen LogP contribution in [0.25, 0.3) is 6.08 Å². The molecule has 0 heterocycles. The molecule has 8 heteroatoms. The zero-order valence-corrected chi connectivity index (χ0v) is 12.0. The van der Waals surface area contributed by atoms with Gasteiger partial charge in [0.15, 0.2) is 0 Å². The molecular formula is C12H15NO6S. The maximum absolute atomic E-state index is 12.2. The van der Waals surface area contributed by atoms with Gasteiger partial charge in [-0.15, -0.1) is 0 Å². The monoisotopic (exact) mass is 301 g/mol. The van der Waals surface area contributed by atoms with Crippen LogP contribution < -0.4 is 4.74 Å². The molecule has 0 spiro atoms. The Hall–Kier alpha value is -1.90. The van der Waals surface area contributed by atoms with Gasteiger partial charge in [-0.2, -0.15) is 0 Å². The van der Waals surface area contributed by atoms with E-state index in [4.69, 9.17) is 9.84 Å². The van der Waals surface area contributed by atoms with Crippen molar-refractivity contribution in [2.45, 2.75) is 4.90 Å². The molecule has 0 bridgehead atoms. The summed E-state index contributed by atoms with van der Waals surface area (Å²) in [6.07, 6.45) is 2.20. The van der Waals surface area contributed by atoms with Gasteiger partial charge in [-0.25, -0.2) is 13.2 Å². The average Bonchev–Trinajstić information content (AvgIpc) is 2.43. The summed E-state index contributed by atoms with van der Waals surface area (Å²) in [7, 11) is -0.0819. The molecule has 1 rings (SSSR count). The molecule has 0 radical (unpaired) electrons. The van der Waals surface area contributed by atoms with Crippen LogP contribution in [-0.2, 0) is 19.7 Å². The van der Waals surface area contributed by atoms with Gasteiger partial charge in [0.05, 0.1) is 14.2 Å². The van der Waals surface area contributed by atoms with Gasteiger partial charge in [0.1, 0.15) is 10.6 Å². The van der Waals surface area contributed by atoms with Crippen LogP contribution in [0.1, 0.15) is 5.56 Å². The highest BCUT2D eigenvalue weighted by molar-refractivity contribution is 7.89. The van der Waals surface area contributed by atoms with Crippen LogP contribution in [-0.4, -0.2) is 45.2 Å². The molecule has 0 aliphatic carbocycles. The number of carboxylic acid groups (broad SMARTS) is 1. The number of hydrogen-bond donors (Lipinski definition) is 1. The fourth-order valence-electron chi connectivity index (χ4n) is 1.40. The summed E-state index contributed by atoms with van der Waals surface area (Å²) < 4.78 is 30.1. The molecular weight excluding hydrogens is 286 g/mol. The molecule has 0 unspecified atom stereocenters. The lowest BCUT2D eigenvalue weighted by atomic mass is 10.2. The highest BCUT2D eigenvalue weighted by Crippen LogP contribution is 2.27. The number of ether oxygens (including phenoxy) is 1. The van der Waals surface area contributed by atoms with Gasteiger partial charge < -0.3 is 9.84 Å². The molecule has 0 aromatic heterocycles. The van der Waals surface area contributed by atoms with Gasteiger partial charge in [-0.3, -0.25) is 4.84 Å². The third-order valence-corrected chi connectivity index (χ3v) is 4.18. The van der Waals surface area contributed by atoms with Gasteiger partial charge in [0.2, 0.25) is 0 Å². The van der Waals surface area contributed by atoms with E-state index >= 15 is 0 Å². The van der Waals surface area contributed by atoms with Crippen molar-refractivity contribution in [3.63, 3.8) is 0 Å². The first kappa shape index (κ1) is 16.2. The second-order valence-electron chi connectivity index (χ2n) is 3.68. The Morgan fingerprint density at radius 2 is 2.00 bits per heavy atom. The lowest BCUT2D eigenvalue weighted by molar-refractivity contribution is -0.131. The largest absolute Gasteiger partial charge is 0.495 e. The molecule has 20 heavy (non-hydrogen) atoms. The number of aliphatic carboxylic acids is 1. The summed E-state index contributed by atoms with van der Waals surface area (Å²) >= 11 is 0. The van der Waals surface area contributed by atoms with Gasteiger partial charge in [-0.05, 0) is 23.8 Å². The Morgan fingerprint density at radius 3 is 2.50 bits per heavy atom. The summed E-state index contributed by atoms with van der Waals surface area (Å²) in [5.74, 6) is -0.986. The van der Waals surface area contributed by atoms with Gasteiger partial charge >= 0.3 is 5.97 Å². The van der Waals surface area contributed by atoms with Crippen molar-refractivity contribution in [3.8, 4) is 5.75 Å². The fraction of sp³-hybridized carbons (Fsp3) is 0.250.